The second-order valence-electron chi connectivity index (χ2n) is 5.91. The van der Waals surface area contributed by atoms with E-state index in [4.69, 9.17) is 4.74 Å². The van der Waals surface area contributed by atoms with Gasteiger partial charge in [0.1, 0.15) is 5.54 Å². The van der Waals surface area contributed by atoms with Gasteiger partial charge in [-0.05, 0) is 30.7 Å². The molecule has 3 heteroatoms. The van der Waals surface area contributed by atoms with Crippen molar-refractivity contribution in [1.29, 1.82) is 0 Å². The number of hydrogen-bond acceptors (Lipinski definition) is 3. The third-order valence-corrected chi connectivity index (χ3v) is 3.85. The van der Waals surface area contributed by atoms with Gasteiger partial charge in [-0.3, -0.25) is 4.79 Å². The summed E-state index contributed by atoms with van der Waals surface area (Å²) in [7, 11) is 1.48. The molecule has 1 saturated carbocycles. The first-order valence-electron chi connectivity index (χ1n) is 6.19. The van der Waals surface area contributed by atoms with Crippen molar-refractivity contribution in [1.82, 2.24) is 5.32 Å². The molecule has 0 aromatic carbocycles. The van der Waals surface area contributed by atoms with Crippen LogP contribution in [0.2, 0.25) is 0 Å². The summed E-state index contributed by atoms with van der Waals surface area (Å²) in [5.41, 5.74) is -0.499. The van der Waals surface area contributed by atoms with Crippen LogP contribution >= 0.6 is 0 Å². The van der Waals surface area contributed by atoms with E-state index in [2.05, 4.69) is 33.0 Å². The molecule has 0 heterocycles. The van der Waals surface area contributed by atoms with Crippen LogP contribution in [0.3, 0.4) is 0 Å². The largest absolute Gasteiger partial charge is 0.468 e. The molecule has 0 aromatic heterocycles. The zero-order valence-electron chi connectivity index (χ0n) is 11.2. The third kappa shape index (κ3) is 2.24. The van der Waals surface area contributed by atoms with E-state index in [1.54, 1.807) is 0 Å². The van der Waals surface area contributed by atoms with E-state index < -0.39 is 5.54 Å². The SMILES string of the molecule is COC(=O)C1(NCC(C)C)CCCC1(C)C. The normalized spacial score (nSPS) is 28.4. The summed E-state index contributed by atoms with van der Waals surface area (Å²) in [5, 5.41) is 3.46. The fourth-order valence-corrected chi connectivity index (χ4v) is 2.68. The molecule has 0 amide bonds. The minimum Gasteiger partial charge on any atom is -0.468 e. The van der Waals surface area contributed by atoms with Crippen LogP contribution < -0.4 is 5.32 Å². The Labute approximate surface area is 98.9 Å². The Morgan fingerprint density at radius 3 is 2.38 bits per heavy atom. The lowest BCUT2D eigenvalue weighted by Crippen LogP contribution is -2.59. The molecule has 0 spiro atoms. The number of carbonyl (C=O) groups is 1. The maximum Gasteiger partial charge on any atom is 0.326 e. The highest BCUT2D eigenvalue weighted by Crippen LogP contribution is 2.46. The topological polar surface area (TPSA) is 38.3 Å². The van der Waals surface area contributed by atoms with Crippen molar-refractivity contribution in [2.24, 2.45) is 11.3 Å². The van der Waals surface area contributed by atoms with Gasteiger partial charge in [0.2, 0.25) is 0 Å². The predicted molar refractivity (Wildman–Crippen MR) is 65.2 cm³/mol. The molecule has 1 aliphatic carbocycles. The Bertz CT molecular complexity index is 261. The zero-order valence-corrected chi connectivity index (χ0v) is 11.2. The van der Waals surface area contributed by atoms with Crippen molar-refractivity contribution in [3.05, 3.63) is 0 Å². The molecule has 1 atom stereocenters. The Hall–Kier alpha value is -0.570. The van der Waals surface area contributed by atoms with Gasteiger partial charge in [0, 0.05) is 0 Å². The van der Waals surface area contributed by atoms with E-state index in [0.29, 0.717) is 5.92 Å². The van der Waals surface area contributed by atoms with Crippen LogP contribution in [0.25, 0.3) is 0 Å². The van der Waals surface area contributed by atoms with Gasteiger partial charge in [0.15, 0.2) is 0 Å². The van der Waals surface area contributed by atoms with E-state index >= 15 is 0 Å². The number of nitrogens with one attached hydrogen (secondary N) is 1. The highest BCUT2D eigenvalue weighted by atomic mass is 16.5. The number of rotatable bonds is 4. The number of methoxy groups -OCH3 is 1. The van der Waals surface area contributed by atoms with Crippen LogP contribution in [0.1, 0.15) is 47.0 Å². The average Bonchev–Trinajstić information content (AvgIpc) is 2.50. The van der Waals surface area contributed by atoms with E-state index in [-0.39, 0.29) is 11.4 Å². The first-order valence-corrected chi connectivity index (χ1v) is 6.19. The minimum absolute atomic E-state index is 0.0189. The summed E-state index contributed by atoms with van der Waals surface area (Å²) in [6.07, 6.45) is 3.06. The van der Waals surface area contributed by atoms with Crippen LogP contribution in [0.15, 0.2) is 0 Å². The molecule has 0 aromatic rings. The molecule has 0 radical (unpaired) electrons. The molecule has 1 aliphatic rings. The standard InChI is InChI=1S/C13H25NO2/c1-10(2)9-14-13(11(15)16-5)8-6-7-12(13,3)4/h10,14H,6-9H2,1-5H3. The molecule has 3 nitrogen and oxygen atoms in total. The summed E-state index contributed by atoms with van der Waals surface area (Å²) in [4.78, 5) is 12.1. The minimum atomic E-state index is -0.480. The van der Waals surface area contributed by atoms with Gasteiger partial charge in [0.05, 0.1) is 7.11 Å². The molecule has 0 aliphatic heterocycles. The summed E-state index contributed by atoms with van der Waals surface area (Å²) in [5.74, 6) is 0.439. The monoisotopic (exact) mass is 227 g/mol. The molecule has 0 saturated heterocycles. The molecule has 1 N–H and O–H groups in total. The lowest BCUT2D eigenvalue weighted by Gasteiger charge is -2.40. The van der Waals surface area contributed by atoms with Crippen LogP contribution in [0.4, 0.5) is 0 Å². The van der Waals surface area contributed by atoms with Crippen molar-refractivity contribution in [3.8, 4) is 0 Å². The quantitative estimate of drug-likeness (QED) is 0.749. The number of ether oxygens (including phenoxy) is 1. The second kappa shape index (κ2) is 4.74. The van der Waals surface area contributed by atoms with Crippen molar-refractivity contribution >= 4 is 5.97 Å². The second-order valence-corrected chi connectivity index (χ2v) is 5.91. The van der Waals surface area contributed by atoms with E-state index in [0.717, 1.165) is 25.8 Å². The first kappa shape index (κ1) is 13.5. The highest BCUT2D eigenvalue weighted by Gasteiger charge is 2.54. The van der Waals surface area contributed by atoms with Gasteiger partial charge < -0.3 is 10.1 Å². The van der Waals surface area contributed by atoms with Crippen molar-refractivity contribution in [2.45, 2.75) is 52.5 Å². The van der Waals surface area contributed by atoms with Crippen molar-refractivity contribution < 1.29 is 9.53 Å². The maximum absolute atomic E-state index is 12.1. The molecule has 16 heavy (non-hydrogen) atoms. The first-order chi connectivity index (χ1) is 7.35. The van der Waals surface area contributed by atoms with Gasteiger partial charge >= 0.3 is 5.97 Å². The highest BCUT2D eigenvalue weighted by molar-refractivity contribution is 5.82. The molecular formula is C13H25NO2. The number of esters is 1. The lowest BCUT2D eigenvalue weighted by atomic mass is 9.74. The van der Waals surface area contributed by atoms with Crippen molar-refractivity contribution in [2.75, 3.05) is 13.7 Å². The van der Waals surface area contributed by atoms with Crippen LogP contribution in [0.5, 0.6) is 0 Å². The van der Waals surface area contributed by atoms with Gasteiger partial charge in [-0.25, -0.2) is 0 Å². The zero-order chi connectivity index (χ0) is 12.4. The molecule has 1 unspecified atom stereocenters. The Kier molecular flexibility index (Phi) is 4.00. The fourth-order valence-electron chi connectivity index (χ4n) is 2.68. The Morgan fingerprint density at radius 2 is 2.00 bits per heavy atom. The molecule has 1 rings (SSSR count). The summed E-state index contributed by atoms with van der Waals surface area (Å²) >= 11 is 0. The maximum atomic E-state index is 12.1. The predicted octanol–water partition coefficient (Wildman–Crippen LogP) is 2.35. The van der Waals surface area contributed by atoms with Crippen LogP contribution in [-0.4, -0.2) is 25.2 Å². The van der Waals surface area contributed by atoms with E-state index in [1.165, 1.54) is 7.11 Å². The molecular weight excluding hydrogens is 202 g/mol. The van der Waals surface area contributed by atoms with Gasteiger partial charge in [-0.1, -0.05) is 34.1 Å². The van der Waals surface area contributed by atoms with Crippen LogP contribution in [-0.2, 0) is 9.53 Å². The summed E-state index contributed by atoms with van der Waals surface area (Å²) < 4.78 is 5.00. The molecule has 1 fully saturated rings. The number of hydrogen-bond donors (Lipinski definition) is 1. The van der Waals surface area contributed by atoms with E-state index in [9.17, 15) is 4.79 Å². The number of carbonyl (C=O) groups excluding carboxylic acids is 1. The molecule has 0 bridgehead atoms. The fraction of sp³-hybridized carbons (Fsp3) is 0.923. The smallest absolute Gasteiger partial charge is 0.326 e. The average molecular weight is 227 g/mol. The van der Waals surface area contributed by atoms with E-state index in [1.807, 2.05) is 0 Å². The van der Waals surface area contributed by atoms with Crippen molar-refractivity contribution in [3.63, 3.8) is 0 Å². The summed E-state index contributed by atoms with van der Waals surface area (Å²) in [6, 6.07) is 0. The summed E-state index contributed by atoms with van der Waals surface area (Å²) in [6.45, 7) is 9.48. The molecule has 94 valence electrons. The lowest BCUT2D eigenvalue weighted by molar-refractivity contribution is -0.153. The van der Waals surface area contributed by atoms with Gasteiger partial charge in [0.25, 0.3) is 0 Å². The Balaban J connectivity index is 2.89. The van der Waals surface area contributed by atoms with Crippen LogP contribution in [0, 0.1) is 11.3 Å². The van der Waals surface area contributed by atoms with Gasteiger partial charge in [-0.15, -0.1) is 0 Å². The third-order valence-electron chi connectivity index (χ3n) is 3.85. The Morgan fingerprint density at radius 1 is 1.38 bits per heavy atom. The van der Waals surface area contributed by atoms with Gasteiger partial charge in [-0.2, -0.15) is 0 Å².